The summed E-state index contributed by atoms with van der Waals surface area (Å²) < 4.78 is 5.88. The maximum absolute atomic E-state index is 12.9. The van der Waals surface area contributed by atoms with E-state index >= 15 is 0 Å². The lowest BCUT2D eigenvalue weighted by Gasteiger charge is -2.26. The number of hydrogen-bond donors (Lipinski definition) is 1. The molecule has 1 aliphatic heterocycles. The number of nitrogens with two attached hydrogens (primary N) is 1. The van der Waals surface area contributed by atoms with E-state index < -0.39 is 0 Å². The zero-order valence-electron chi connectivity index (χ0n) is 15.4. The third-order valence-corrected chi connectivity index (χ3v) is 5.71. The summed E-state index contributed by atoms with van der Waals surface area (Å²) in [5, 5.41) is 0. The molecule has 2 aromatic carbocycles. The predicted octanol–water partition coefficient (Wildman–Crippen LogP) is 3.85. The van der Waals surface area contributed by atoms with Crippen LogP contribution in [0.4, 0.5) is 0 Å². The Morgan fingerprint density at radius 2 is 1.74 bits per heavy atom. The number of amides is 1. The Kier molecular flexibility index (Phi) is 6.40. The molecule has 4 rings (SSSR count). The van der Waals surface area contributed by atoms with Gasteiger partial charge in [-0.15, -0.1) is 12.4 Å². The lowest BCUT2D eigenvalue weighted by Crippen LogP contribution is -2.29. The summed E-state index contributed by atoms with van der Waals surface area (Å²) in [6.07, 6.45) is 3.87. The average Bonchev–Trinajstić information content (AvgIpc) is 3.10. The number of benzene rings is 2. The van der Waals surface area contributed by atoms with Crippen molar-refractivity contribution in [2.24, 2.45) is 11.7 Å². The van der Waals surface area contributed by atoms with Gasteiger partial charge < -0.3 is 15.4 Å². The van der Waals surface area contributed by atoms with Gasteiger partial charge in [-0.05, 0) is 61.6 Å². The summed E-state index contributed by atoms with van der Waals surface area (Å²) in [4.78, 5) is 14.9. The molecule has 144 valence electrons. The molecule has 27 heavy (non-hydrogen) atoms. The molecule has 1 saturated carbocycles. The van der Waals surface area contributed by atoms with Crippen molar-refractivity contribution in [2.75, 3.05) is 19.6 Å². The predicted molar refractivity (Wildman–Crippen MR) is 110 cm³/mol. The van der Waals surface area contributed by atoms with Gasteiger partial charge in [0, 0.05) is 24.6 Å². The Morgan fingerprint density at radius 3 is 2.33 bits per heavy atom. The second kappa shape index (κ2) is 8.77. The molecule has 2 N–H and O–H groups in total. The van der Waals surface area contributed by atoms with Crippen LogP contribution in [0, 0.1) is 5.92 Å². The van der Waals surface area contributed by atoms with Crippen LogP contribution in [-0.4, -0.2) is 36.5 Å². The second-order valence-electron chi connectivity index (χ2n) is 7.42. The number of nitrogens with zero attached hydrogens (tertiary/aromatic N) is 1. The fourth-order valence-electron chi connectivity index (χ4n) is 3.89. The number of ether oxygens (including phenoxy) is 1. The third-order valence-electron chi connectivity index (χ3n) is 5.71. The van der Waals surface area contributed by atoms with Crippen molar-refractivity contribution in [3.8, 4) is 5.75 Å². The minimum atomic E-state index is 0. The van der Waals surface area contributed by atoms with E-state index in [0.29, 0.717) is 24.5 Å². The van der Waals surface area contributed by atoms with Crippen LogP contribution in [0.5, 0.6) is 5.75 Å². The van der Waals surface area contributed by atoms with E-state index in [-0.39, 0.29) is 18.3 Å². The van der Waals surface area contributed by atoms with Crippen molar-refractivity contribution in [2.45, 2.75) is 31.3 Å². The summed E-state index contributed by atoms with van der Waals surface area (Å²) in [6, 6.07) is 18.0. The summed E-state index contributed by atoms with van der Waals surface area (Å²) in [5.41, 5.74) is 7.98. The number of halogens is 1. The lowest BCUT2D eigenvalue weighted by molar-refractivity contribution is 0.0786. The van der Waals surface area contributed by atoms with E-state index in [1.807, 2.05) is 47.4 Å². The SMILES string of the molecule is Cl.NC[C@@H]1CN(C(=O)c2ccc(OC3CCC3)cc2)C[C@H]1c1ccccc1. The summed E-state index contributed by atoms with van der Waals surface area (Å²) in [6.45, 7) is 2.04. The van der Waals surface area contributed by atoms with Crippen LogP contribution in [0.1, 0.15) is 41.1 Å². The van der Waals surface area contributed by atoms with E-state index in [4.69, 9.17) is 10.5 Å². The Labute approximate surface area is 167 Å². The molecule has 1 heterocycles. The van der Waals surface area contributed by atoms with Gasteiger partial charge in [-0.2, -0.15) is 0 Å². The molecule has 0 radical (unpaired) electrons. The van der Waals surface area contributed by atoms with Crippen LogP contribution in [0.3, 0.4) is 0 Å². The molecule has 2 atom stereocenters. The van der Waals surface area contributed by atoms with Crippen LogP contribution >= 0.6 is 12.4 Å². The normalized spacial score (nSPS) is 22.0. The van der Waals surface area contributed by atoms with Crippen LogP contribution < -0.4 is 10.5 Å². The van der Waals surface area contributed by atoms with Crippen molar-refractivity contribution < 1.29 is 9.53 Å². The summed E-state index contributed by atoms with van der Waals surface area (Å²) in [5.74, 6) is 1.56. The fraction of sp³-hybridized carbons (Fsp3) is 0.409. The first kappa shape index (κ1) is 19.7. The molecule has 2 aliphatic rings. The Balaban J connectivity index is 0.00000210. The minimum Gasteiger partial charge on any atom is -0.490 e. The van der Waals surface area contributed by atoms with Crippen LogP contribution in [0.15, 0.2) is 54.6 Å². The number of carbonyl (C=O) groups excluding carboxylic acids is 1. The van der Waals surface area contributed by atoms with E-state index in [0.717, 1.165) is 37.2 Å². The van der Waals surface area contributed by atoms with Gasteiger partial charge in [0.15, 0.2) is 0 Å². The number of likely N-dealkylation sites (tertiary alicyclic amines) is 1. The highest BCUT2D eigenvalue weighted by Crippen LogP contribution is 2.33. The molecule has 2 fully saturated rings. The van der Waals surface area contributed by atoms with Gasteiger partial charge in [-0.3, -0.25) is 4.79 Å². The topological polar surface area (TPSA) is 55.6 Å². The molecular weight excluding hydrogens is 360 g/mol. The molecule has 0 aromatic heterocycles. The smallest absolute Gasteiger partial charge is 0.253 e. The second-order valence-corrected chi connectivity index (χ2v) is 7.42. The highest BCUT2D eigenvalue weighted by atomic mass is 35.5. The van der Waals surface area contributed by atoms with Gasteiger partial charge in [0.1, 0.15) is 5.75 Å². The van der Waals surface area contributed by atoms with Gasteiger partial charge >= 0.3 is 0 Å². The largest absolute Gasteiger partial charge is 0.490 e. The number of hydrogen-bond acceptors (Lipinski definition) is 3. The van der Waals surface area contributed by atoms with E-state index in [1.165, 1.54) is 12.0 Å². The summed E-state index contributed by atoms with van der Waals surface area (Å²) >= 11 is 0. The maximum Gasteiger partial charge on any atom is 0.253 e. The Bertz CT molecular complexity index is 747. The van der Waals surface area contributed by atoms with Crippen molar-refractivity contribution in [3.05, 3.63) is 65.7 Å². The van der Waals surface area contributed by atoms with Crippen LogP contribution in [0.2, 0.25) is 0 Å². The molecule has 5 heteroatoms. The highest BCUT2D eigenvalue weighted by Gasteiger charge is 2.35. The van der Waals surface area contributed by atoms with Crippen molar-refractivity contribution in [3.63, 3.8) is 0 Å². The molecule has 1 saturated heterocycles. The molecule has 2 aromatic rings. The Hall–Kier alpha value is -2.04. The van der Waals surface area contributed by atoms with E-state index in [1.54, 1.807) is 0 Å². The van der Waals surface area contributed by atoms with Crippen molar-refractivity contribution >= 4 is 18.3 Å². The molecule has 4 nitrogen and oxygen atoms in total. The lowest BCUT2D eigenvalue weighted by atomic mass is 9.89. The van der Waals surface area contributed by atoms with Crippen LogP contribution in [-0.2, 0) is 0 Å². The first-order chi connectivity index (χ1) is 12.7. The Morgan fingerprint density at radius 1 is 1.04 bits per heavy atom. The van der Waals surface area contributed by atoms with Gasteiger partial charge in [0.2, 0.25) is 0 Å². The van der Waals surface area contributed by atoms with Gasteiger partial charge in [0.05, 0.1) is 6.10 Å². The maximum atomic E-state index is 12.9. The fourth-order valence-corrected chi connectivity index (χ4v) is 3.89. The van der Waals surface area contributed by atoms with Crippen molar-refractivity contribution in [1.82, 2.24) is 4.90 Å². The molecule has 0 unspecified atom stereocenters. The molecule has 0 spiro atoms. The third kappa shape index (κ3) is 4.28. The first-order valence-corrected chi connectivity index (χ1v) is 9.55. The monoisotopic (exact) mass is 386 g/mol. The molecular formula is C22H27ClN2O2. The molecule has 0 bridgehead atoms. The van der Waals surface area contributed by atoms with Crippen molar-refractivity contribution in [1.29, 1.82) is 0 Å². The van der Waals surface area contributed by atoms with E-state index in [9.17, 15) is 4.79 Å². The van der Waals surface area contributed by atoms with Gasteiger partial charge in [0.25, 0.3) is 5.91 Å². The zero-order valence-corrected chi connectivity index (χ0v) is 16.2. The van der Waals surface area contributed by atoms with Gasteiger partial charge in [-0.1, -0.05) is 30.3 Å². The quantitative estimate of drug-likeness (QED) is 0.849. The standard InChI is InChI=1S/C22H26N2O2.ClH/c23-13-18-14-24(15-21(18)16-5-2-1-3-6-16)22(25)17-9-11-20(12-10-17)26-19-7-4-8-19;/h1-3,5-6,9-12,18-19,21H,4,7-8,13-15,23H2;1H/t18-,21+;/m1./s1. The van der Waals surface area contributed by atoms with Crippen LogP contribution in [0.25, 0.3) is 0 Å². The zero-order chi connectivity index (χ0) is 17.9. The number of carbonyl (C=O) groups is 1. The summed E-state index contributed by atoms with van der Waals surface area (Å²) in [7, 11) is 0. The van der Waals surface area contributed by atoms with E-state index in [2.05, 4.69) is 12.1 Å². The molecule has 1 aliphatic carbocycles. The van der Waals surface area contributed by atoms with Gasteiger partial charge in [-0.25, -0.2) is 0 Å². The number of rotatable bonds is 5. The minimum absolute atomic E-state index is 0. The average molecular weight is 387 g/mol. The first-order valence-electron chi connectivity index (χ1n) is 9.55. The highest BCUT2D eigenvalue weighted by molar-refractivity contribution is 5.94. The molecule has 1 amide bonds.